The highest BCUT2D eigenvalue weighted by molar-refractivity contribution is 5.77. The van der Waals surface area contributed by atoms with Gasteiger partial charge in [0.2, 0.25) is 0 Å². The van der Waals surface area contributed by atoms with Crippen molar-refractivity contribution in [1.82, 2.24) is 0 Å². The summed E-state index contributed by atoms with van der Waals surface area (Å²) in [6.45, 7) is 0. The van der Waals surface area contributed by atoms with Gasteiger partial charge in [-0.3, -0.25) is 4.99 Å². The van der Waals surface area contributed by atoms with Crippen LogP contribution in [0.15, 0.2) is 28.8 Å². The van der Waals surface area contributed by atoms with Crippen LogP contribution in [-0.4, -0.2) is 12.3 Å². The third-order valence-electron chi connectivity index (χ3n) is 1.20. The van der Waals surface area contributed by atoms with Crippen molar-refractivity contribution in [1.29, 1.82) is 0 Å². The van der Waals surface area contributed by atoms with Gasteiger partial charge in [0.05, 0.1) is 6.04 Å². The van der Waals surface area contributed by atoms with Crippen molar-refractivity contribution in [2.75, 3.05) is 0 Å². The molecule has 0 aromatic carbocycles. The molecule has 7 heavy (non-hydrogen) atoms. The number of rotatable bonds is 0. The molecule has 0 aromatic heterocycles. The summed E-state index contributed by atoms with van der Waals surface area (Å²) >= 11 is 0. The van der Waals surface area contributed by atoms with E-state index in [0.29, 0.717) is 6.04 Å². The monoisotopic (exact) mass is 91.0 g/mol. The Kier molecular flexibility index (Phi) is 0.392. The number of dihydropyridines is 1. The first kappa shape index (κ1) is 3.19. The van der Waals surface area contributed by atoms with Crippen LogP contribution in [0.1, 0.15) is 0 Å². The molecular formula is C6H5N. The summed E-state index contributed by atoms with van der Waals surface area (Å²) in [7, 11) is 0. The Balaban J connectivity index is 2.38. The van der Waals surface area contributed by atoms with E-state index in [-0.39, 0.29) is 0 Å². The summed E-state index contributed by atoms with van der Waals surface area (Å²) in [4.78, 5) is 4.10. The maximum absolute atomic E-state index is 4.10. The van der Waals surface area contributed by atoms with Gasteiger partial charge in [0.1, 0.15) is 0 Å². The molecule has 0 bridgehead atoms. The molecule has 1 aliphatic carbocycles. The lowest BCUT2D eigenvalue weighted by Gasteiger charge is -1.88. The molecule has 0 saturated heterocycles. The lowest BCUT2D eigenvalue weighted by molar-refractivity contribution is 1.13. The summed E-state index contributed by atoms with van der Waals surface area (Å²) in [5.41, 5.74) is 1.38. The van der Waals surface area contributed by atoms with Gasteiger partial charge in [-0.2, -0.15) is 0 Å². The molecule has 0 aromatic rings. The molecule has 2 aliphatic rings. The van der Waals surface area contributed by atoms with Crippen LogP contribution in [0, 0.1) is 0 Å². The first-order valence-electron chi connectivity index (χ1n) is 2.38. The van der Waals surface area contributed by atoms with Gasteiger partial charge in [-0.25, -0.2) is 0 Å². The summed E-state index contributed by atoms with van der Waals surface area (Å²) in [6, 6.07) is 0.477. The topological polar surface area (TPSA) is 12.4 Å². The molecule has 0 N–H and O–H groups in total. The minimum atomic E-state index is 0.477. The minimum absolute atomic E-state index is 0.477. The number of hydrogen-bond donors (Lipinski definition) is 0. The second-order valence-corrected chi connectivity index (χ2v) is 1.77. The lowest BCUT2D eigenvalue weighted by atomic mass is 10.3. The second-order valence-electron chi connectivity index (χ2n) is 1.77. The van der Waals surface area contributed by atoms with E-state index >= 15 is 0 Å². The Hall–Kier alpha value is -0.850. The van der Waals surface area contributed by atoms with Gasteiger partial charge >= 0.3 is 0 Å². The summed E-state index contributed by atoms with van der Waals surface area (Å²) in [6.07, 6.45) is 8.05. The van der Waals surface area contributed by atoms with E-state index < -0.39 is 0 Å². The van der Waals surface area contributed by atoms with Crippen LogP contribution in [-0.2, 0) is 0 Å². The highest BCUT2D eigenvalue weighted by Gasteiger charge is 2.21. The number of hydrogen-bond acceptors (Lipinski definition) is 1. The molecule has 1 heterocycles. The maximum atomic E-state index is 4.10. The van der Waals surface area contributed by atoms with Crippen molar-refractivity contribution in [2.24, 2.45) is 4.99 Å². The summed E-state index contributed by atoms with van der Waals surface area (Å²) in [5, 5.41) is 0. The fourth-order valence-electron chi connectivity index (χ4n) is 0.714. The average molecular weight is 91.1 g/mol. The Morgan fingerprint density at radius 3 is 3.14 bits per heavy atom. The standard InChI is InChI=1S/C6H5N/c1-2-5-4-6(5)7-3-1/h1-4,6H. The molecule has 2 rings (SSSR count). The third kappa shape index (κ3) is 0.346. The van der Waals surface area contributed by atoms with E-state index in [4.69, 9.17) is 0 Å². The predicted octanol–water partition coefficient (Wildman–Crippen LogP) is 0.936. The van der Waals surface area contributed by atoms with Crippen LogP contribution in [0.3, 0.4) is 0 Å². The van der Waals surface area contributed by atoms with Crippen LogP contribution in [0.25, 0.3) is 0 Å². The molecular weight excluding hydrogens is 86.1 g/mol. The first-order valence-corrected chi connectivity index (χ1v) is 2.38. The van der Waals surface area contributed by atoms with Crippen molar-refractivity contribution < 1.29 is 0 Å². The number of allylic oxidation sites excluding steroid dienone is 1. The van der Waals surface area contributed by atoms with Gasteiger partial charge in [-0.15, -0.1) is 0 Å². The number of aliphatic imine (C=N–C) groups is 1. The third-order valence-corrected chi connectivity index (χ3v) is 1.20. The van der Waals surface area contributed by atoms with Gasteiger partial charge in [0.25, 0.3) is 0 Å². The molecule has 0 spiro atoms. The normalized spacial score (nSPS) is 32.0. The molecule has 1 nitrogen and oxygen atoms in total. The van der Waals surface area contributed by atoms with Crippen molar-refractivity contribution >= 4 is 6.21 Å². The van der Waals surface area contributed by atoms with Crippen molar-refractivity contribution in [2.45, 2.75) is 6.04 Å². The smallest absolute Gasteiger partial charge is 0.0934 e. The summed E-state index contributed by atoms with van der Waals surface area (Å²) in [5.74, 6) is 0. The van der Waals surface area contributed by atoms with Crippen LogP contribution in [0.5, 0.6) is 0 Å². The second kappa shape index (κ2) is 0.861. The van der Waals surface area contributed by atoms with Gasteiger partial charge in [-0.1, -0.05) is 12.2 Å². The molecule has 34 valence electrons. The van der Waals surface area contributed by atoms with Crippen LogP contribution >= 0.6 is 0 Å². The molecule has 1 heteroatoms. The van der Waals surface area contributed by atoms with E-state index in [2.05, 4.69) is 17.1 Å². The van der Waals surface area contributed by atoms with Gasteiger partial charge < -0.3 is 0 Å². The van der Waals surface area contributed by atoms with E-state index in [1.807, 2.05) is 12.3 Å². The predicted molar refractivity (Wildman–Crippen MR) is 29.5 cm³/mol. The van der Waals surface area contributed by atoms with Crippen molar-refractivity contribution in [3.05, 3.63) is 23.8 Å². The van der Waals surface area contributed by atoms with Crippen LogP contribution < -0.4 is 0 Å². The minimum Gasteiger partial charge on any atom is -0.281 e. The van der Waals surface area contributed by atoms with E-state index in [0.717, 1.165) is 0 Å². The highest BCUT2D eigenvalue weighted by Crippen LogP contribution is 2.26. The van der Waals surface area contributed by atoms with Gasteiger partial charge in [-0.05, 0) is 11.6 Å². The Bertz CT molecular complexity index is 175. The molecule has 1 atom stereocenters. The molecule has 1 aliphatic heterocycles. The van der Waals surface area contributed by atoms with Crippen molar-refractivity contribution in [3.8, 4) is 0 Å². The molecule has 0 radical (unpaired) electrons. The lowest BCUT2D eigenvalue weighted by Crippen LogP contribution is -1.85. The maximum Gasteiger partial charge on any atom is 0.0934 e. The molecule has 0 fully saturated rings. The van der Waals surface area contributed by atoms with Crippen LogP contribution in [0.2, 0.25) is 0 Å². The largest absolute Gasteiger partial charge is 0.281 e. The summed E-state index contributed by atoms with van der Waals surface area (Å²) < 4.78 is 0. The van der Waals surface area contributed by atoms with Gasteiger partial charge in [0, 0.05) is 6.21 Å². The molecule has 1 unspecified atom stereocenters. The average Bonchev–Trinajstić information content (AvgIpc) is 2.41. The van der Waals surface area contributed by atoms with Crippen molar-refractivity contribution in [3.63, 3.8) is 0 Å². The van der Waals surface area contributed by atoms with E-state index in [1.165, 1.54) is 5.57 Å². The van der Waals surface area contributed by atoms with Gasteiger partial charge in [0.15, 0.2) is 0 Å². The Morgan fingerprint density at radius 1 is 1.57 bits per heavy atom. The number of nitrogens with zero attached hydrogens (tertiary/aromatic N) is 1. The molecule has 0 amide bonds. The Morgan fingerprint density at radius 2 is 2.57 bits per heavy atom. The zero-order valence-corrected chi connectivity index (χ0v) is 3.83. The fraction of sp³-hybridized carbons (Fsp3) is 0.167. The zero-order valence-electron chi connectivity index (χ0n) is 3.83. The number of fused-ring (bicyclic) bond motifs is 1. The fourth-order valence-corrected chi connectivity index (χ4v) is 0.714. The Labute approximate surface area is 42.1 Å². The first-order chi connectivity index (χ1) is 3.47. The van der Waals surface area contributed by atoms with Crippen LogP contribution in [0.4, 0.5) is 0 Å². The highest BCUT2D eigenvalue weighted by atomic mass is 14.8. The quantitative estimate of drug-likeness (QED) is 0.420. The SMILES string of the molecule is C1=CC2=CC2N=C1. The molecule has 0 saturated carbocycles. The van der Waals surface area contributed by atoms with E-state index in [9.17, 15) is 0 Å². The zero-order chi connectivity index (χ0) is 4.69. The van der Waals surface area contributed by atoms with E-state index in [1.54, 1.807) is 0 Å².